The summed E-state index contributed by atoms with van der Waals surface area (Å²) in [5.41, 5.74) is 7.71. The van der Waals surface area contributed by atoms with Crippen molar-refractivity contribution in [2.75, 3.05) is 26.2 Å². The third-order valence-corrected chi connectivity index (χ3v) is 12.6. The number of esters is 1. The van der Waals surface area contributed by atoms with Crippen LogP contribution in [0, 0.1) is 46.3 Å². The number of hydrogen-bond acceptors (Lipinski definition) is 5. The van der Waals surface area contributed by atoms with Crippen LogP contribution < -0.4 is 5.32 Å². The summed E-state index contributed by atoms with van der Waals surface area (Å²) in [4.78, 5) is 44.9. The van der Waals surface area contributed by atoms with E-state index >= 15 is 0 Å². The summed E-state index contributed by atoms with van der Waals surface area (Å²) < 4.78 is 5.11. The van der Waals surface area contributed by atoms with E-state index in [2.05, 4.69) is 50.0 Å². The molecule has 0 spiro atoms. The van der Waals surface area contributed by atoms with Gasteiger partial charge >= 0.3 is 5.97 Å². The Kier molecular flexibility index (Phi) is 10.8. The fraction of sp³-hybridized carbons (Fsp3) is 0.912. The van der Waals surface area contributed by atoms with Gasteiger partial charge in [0, 0.05) is 29.8 Å². The van der Waals surface area contributed by atoms with E-state index in [9.17, 15) is 14.4 Å². The maximum absolute atomic E-state index is 14.4. The molecule has 1 heterocycles. The second kappa shape index (κ2) is 13.8. The lowest BCUT2D eigenvalue weighted by atomic mass is 9.42. The Morgan fingerprint density at radius 1 is 1.07 bits per heavy atom. The molecule has 0 aromatic carbocycles. The van der Waals surface area contributed by atoms with Crippen molar-refractivity contribution in [1.82, 2.24) is 10.2 Å². The molecule has 9 nitrogen and oxygen atoms in total. The van der Waals surface area contributed by atoms with E-state index in [-0.39, 0.29) is 31.5 Å². The Hall–Kier alpha value is -2.28. The van der Waals surface area contributed by atoms with E-state index in [1.807, 2.05) is 4.90 Å². The smallest absolute Gasteiger partial charge is 0.325 e. The molecule has 0 aromatic heterocycles. The van der Waals surface area contributed by atoms with Crippen LogP contribution in [0.4, 0.5) is 0 Å². The molecular weight excluding hydrogens is 542 g/mol. The van der Waals surface area contributed by atoms with Gasteiger partial charge in [0.15, 0.2) is 0 Å². The monoisotopic (exact) mass is 599 g/mol. The third kappa shape index (κ3) is 6.17. The number of carbonyl (C=O) groups excluding carboxylic acids is 3. The number of azide groups is 1. The second-order valence-electron chi connectivity index (χ2n) is 15.1. The number of hydrogen-bond donors (Lipinski definition) is 1. The minimum absolute atomic E-state index is 0.0139. The molecule has 0 aromatic rings. The highest BCUT2D eigenvalue weighted by Gasteiger charge is 2.69. The van der Waals surface area contributed by atoms with Gasteiger partial charge in [-0.2, -0.15) is 0 Å². The summed E-state index contributed by atoms with van der Waals surface area (Å²) in [5.74, 6) is 3.07. The normalized spacial score (nSPS) is 35.8. The third-order valence-electron chi connectivity index (χ3n) is 12.6. The van der Waals surface area contributed by atoms with Crippen molar-refractivity contribution in [3.63, 3.8) is 0 Å². The average molecular weight is 600 g/mol. The molecule has 242 valence electrons. The maximum atomic E-state index is 14.4. The lowest BCUT2D eigenvalue weighted by Crippen LogP contribution is -2.75. The van der Waals surface area contributed by atoms with E-state index in [4.69, 9.17) is 10.3 Å². The number of fused-ring (bicyclic) bond motifs is 5. The number of ether oxygens (including phenoxy) is 1. The maximum Gasteiger partial charge on any atom is 0.325 e. The van der Waals surface area contributed by atoms with Gasteiger partial charge in [0.1, 0.15) is 12.1 Å². The van der Waals surface area contributed by atoms with Crippen LogP contribution in [0.2, 0.25) is 0 Å². The minimum Gasteiger partial charge on any atom is -0.465 e. The number of nitrogens with zero attached hydrogens (tertiary/aromatic N) is 4. The lowest BCUT2D eigenvalue weighted by molar-refractivity contribution is -0.196. The Labute approximate surface area is 259 Å². The van der Waals surface area contributed by atoms with Crippen molar-refractivity contribution in [1.29, 1.82) is 0 Å². The molecule has 3 saturated carbocycles. The molecular formula is C34H57N5O4. The number of rotatable bonds is 13. The molecule has 2 amide bonds. The molecule has 1 aliphatic heterocycles. The van der Waals surface area contributed by atoms with Crippen LogP contribution in [0.15, 0.2) is 5.11 Å². The number of amides is 2. The molecule has 0 radical (unpaired) electrons. The predicted molar refractivity (Wildman–Crippen MR) is 168 cm³/mol. The van der Waals surface area contributed by atoms with Crippen LogP contribution in [0.3, 0.4) is 0 Å². The molecule has 1 saturated heterocycles. The fourth-order valence-electron chi connectivity index (χ4n) is 10.7. The summed E-state index contributed by atoms with van der Waals surface area (Å²) in [7, 11) is 0. The van der Waals surface area contributed by atoms with E-state index in [1.54, 1.807) is 6.92 Å². The van der Waals surface area contributed by atoms with Crippen LogP contribution in [0.5, 0.6) is 0 Å². The first-order chi connectivity index (χ1) is 20.5. The number of carbonyl (C=O) groups is 3. The first-order valence-electron chi connectivity index (χ1n) is 17.2. The number of nitrogens with one attached hydrogen (secondary N) is 1. The zero-order chi connectivity index (χ0) is 31.4. The van der Waals surface area contributed by atoms with Gasteiger partial charge in [-0.05, 0) is 105 Å². The van der Waals surface area contributed by atoms with Gasteiger partial charge in [-0.1, -0.05) is 59.0 Å². The standard InChI is InChI=1S/C34H57N5O4/c1-7-43-30(41)22-36-31(42)34-19-14-25-27-13-12-26(24(4)11-8-10-23(2)3)32(27,5)17-15-28(25)33(34,6)18-16-29(40)39(34)21-9-20-37-38-35/h23-28H,7-22H2,1-6H3,(H,36,42)/t24-,25+,26-,27+,28+,32-,33-,34+/m1/s1. The highest BCUT2D eigenvalue weighted by molar-refractivity contribution is 5.95. The van der Waals surface area contributed by atoms with Crippen molar-refractivity contribution < 1.29 is 19.1 Å². The summed E-state index contributed by atoms with van der Waals surface area (Å²) in [6, 6.07) is 0. The summed E-state index contributed by atoms with van der Waals surface area (Å²) in [5, 5.41) is 6.60. The fourth-order valence-corrected chi connectivity index (χ4v) is 10.7. The van der Waals surface area contributed by atoms with Crippen LogP contribution >= 0.6 is 0 Å². The Bertz CT molecular complexity index is 1080. The Morgan fingerprint density at radius 3 is 2.53 bits per heavy atom. The zero-order valence-electron chi connectivity index (χ0n) is 27.7. The van der Waals surface area contributed by atoms with Crippen LogP contribution in [-0.2, 0) is 19.1 Å². The van der Waals surface area contributed by atoms with Gasteiger partial charge in [-0.25, -0.2) is 0 Å². The van der Waals surface area contributed by atoms with Gasteiger partial charge in [-0.15, -0.1) is 0 Å². The lowest BCUT2D eigenvalue weighted by Gasteiger charge is -2.67. The SMILES string of the molecule is CCOC(=O)CNC(=O)[C@@]12CC[C@H]3[C@@H]4CC[C@H]([C@H](C)CCCC(C)C)[C@@]4(C)CC[C@@H]3[C@@]1(C)CCC(=O)N2CCCN=[N+]=[N-]. The van der Waals surface area contributed by atoms with Crippen molar-refractivity contribution >= 4 is 17.8 Å². The molecule has 1 N–H and O–H groups in total. The summed E-state index contributed by atoms with van der Waals surface area (Å²) in [6.07, 6.45) is 11.9. The second-order valence-corrected chi connectivity index (χ2v) is 15.1. The highest BCUT2D eigenvalue weighted by atomic mass is 16.5. The van der Waals surface area contributed by atoms with E-state index in [1.165, 1.54) is 38.5 Å². The van der Waals surface area contributed by atoms with Crippen molar-refractivity contribution in [2.24, 2.45) is 51.5 Å². The average Bonchev–Trinajstić information content (AvgIpc) is 3.32. The molecule has 0 bridgehead atoms. The van der Waals surface area contributed by atoms with Crippen LogP contribution in [0.25, 0.3) is 10.4 Å². The first-order valence-corrected chi connectivity index (χ1v) is 17.2. The molecule has 4 fully saturated rings. The van der Waals surface area contributed by atoms with Gasteiger partial charge < -0.3 is 15.0 Å². The molecule has 4 aliphatic rings. The number of likely N-dealkylation sites (tertiary alicyclic amines) is 1. The molecule has 43 heavy (non-hydrogen) atoms. The largest absolute Gasteiger partial charge is 0.465 e. The van der Waals surface area contributed by atoms with E-state index in [0.717, 1.165) is 30.6 Å². The molecule has 4 rings (SSSR count). The quantitative estimate of drug-likeness (QED) is 0.0801. The minimum atomic E-state index is -1.03. The topological polar surface area (TPSA) is 124 Å². The Balaban J connectivity index is 1.62. The van der Waals surface area contributed by atoms with Crippen molar-refractivity contribution in [3.8, 4) is 0 Å². The van der Waals surface area contributed by atoms with Gasteiger partial charge in [0.2, 0.25) is 11.8 Å². The van der Waals surface area contributed by atoms with E-state index < -0.39 is 16.9 Å². The Morgan fingerprint density at radius 2 is 1.84 bits per heavy atom. The van der Waals surface area contributed by atoms with Gasteiger partial charge in [-0.3, -0.25) is 14.4 Å². The first kappa shape index (κ1) is 33.6. The van der Waals surface area contributed by atoms with Gasteiger partial charge in [0.05, 0.1) is 6.61 Å². The highest BCUT2D eigenvalue weighted by Crippen LogP contribution is 2.69. The van der Waals surface area contributed by atoms with Crippen LogP contribution in [-0.4, -0.2) is 54.5 Å². The van der Waals surface area contributed by atoms with Crippen LogP contribution in [0.1, 0.15) is 119 Å². The molecule has 0 unspecified atom stereocenters. The predicted octanol–water partition coefficient (Wildman–Crippen LogP) is 7.05. The van der Waals surface area contributed by atoms with E-state index in [0.29, 0.717) is 55.4 Å². The van der Waals surface area contributed by atoms with Crippen molar-refractivity contribution in [3.05, 3.63) is 10.4 Å². The molecule has 3 aliphatic carbocycles. The number of piperidine rings is 1. The summed E-state index contributed by atoms with van der Waals surface area (Å²) >= 11 is 0. The molecule has 9 heteroatoms. The van der Waals surface area contributed by atoms with Gasteiger partial charge in [0.25, 0.3) is 0 Å². The zero-order valence-corrected chi connectivity index (χ0v) is 27.7. The summed E-state index contributed by atoms with van der Waals surface area (Å²) in [6.45, 7) is 14.4. The van der Waals surface area contributed by atoms with Crippen molar-refractivity contribution in [2.45, 2.75) is 124 Å². The molecule has 8 atom stereocenters.